The molecule has 0 unspecified atom stereocenters. The van der Waals surface area contributed by atoms with E-state index in [-0.39, 0.29) is 29.8 Å². The van der Waals surface area contributed by atoms with Crippen LogP contribution in [-0.2, 0) is 12.8 Å². The van der Waals surface area contributed by atoms with Crippen LogP contribution in [0, 0.1) is 5.82 Å². The lowest BCUT2D eigenvalue weighted by molar-refractivity contribution is 0.421. The maximum atomic E-state index is 13.6. The highest BCUT2D eigenvalue weighted by Crippen LogP contribution is 2.13. The molecule has 2 aromatic heterocycles. The lowest BCUT2D eigenvalue weighted by Gasteiger charge is -2.11. The molecule has 7 nitrogen and oxygen atoms in total. The molecule has 0 saturated heterocycles. The minimum Gasteiger partial charge on any atom is -0.356 e. The Kier molecular flexibility index (Phi) is 8.79. The summed E-state index contributed by atoms with van der Waals surface area (Å²) in [5.41, 5.74) is 1.32. The first kappa shape index (κ1) is 21.7. The van der Waals surface area contributed by atoms with E-state index in [1.54, 1.807) is 25.4 Å². The zero-order chi connectivity index (χ0) is 18.9. The molecule has 0 saturated carbocycles. The normalized spacial score (nSPS) is 11.0. The standard InChI is InChI=1S/C19H21FN6O.HI/c1-21-19(23-12-9-14-6-2-3-7-15(14)20)24-13-10-17-25-18(27-26-17)16-8-4-5-11-22-16;/h2-8,11H,9-10,12-13H2,1H3,(H2,21,23,24);1H. The van der Waals surface area contributed by atoms with Crippen LogP contribution in [0.1, 0.15) is 11.4 Å². The smallest absolute Gasteiger partial charge is 0.276 e. The second-order valence-corrected chi connectivity index (χ2v) is 5.75. The lowest BCUT2D eigenvalue weighted by atomic mass is 10.1. The van der Waals surface area contributed by atoms with Crippen LogP contribution in [0.2, 0.25) is 0 Å². The number of hydrogen-bond donors (Lipinski definition) is 2. The van der Waals surface area contributed by atoms with Gasteiger partial charge in [-0.1, -0.05) is 29.4 Å². The quantitative estimate of drug-likeness (QED) is 0.297. The molecule has 0 aliphatic heterocycles. The van der Waals surface area contributed by atoms with Crippen LogP contribution in [0.15, 0.2) is 58.2 Å². The molecule has 0 radical (unpaired) electrons. The molecule has 0 amide bonds. The fourth-order valence-electron chi connectivity index (χ4n) is 2.48. The minimum absolute atomic E-state index is 0. The number of nitrogens with one attached hydrogen (secondary N) is 2. The predicted octanol–water partition coefficient (Wildman–Crippen LogP) is 2.84. The summed E-state index contributed by atoms with van der Waals surface area (Å²) in [4.78, 5) is 12.7. The summed E-state index contributed by atoms with van der Waals surface area (Å²) in [5.74, 6) is 1.44. The van der Waals surface area contributed by atoms with E-state index in [0.29, 0.717) is 54.9 Å². The molecule has 2 heterocycles. The first-order chi connectivity index (χ1) is 13.3. The molecule has 3 aromatic rings. The summed E-state index contributed by atoms with van der Waals surface area (Å²) in [6.45, 7) is 1.16. The summed E-state index contributed by atoms with van der Waals surface area (Å²) < 4.78 is 18.8. The highest BCUT2D eigenvalue weighted by molar-refractivity contribution is 14.0. The number of guanidine groups is 1. The molecular formula is C19H22FIN6O. The third-order valence-electron chi connectivity index (χ3n) is 3.86. The third-order valence-corrected chi connectivity index (χ3v) is 3.86. The number of pyridine rings is 1. The molecule has 148 valence electrons. The second-order valence-electron chi connectivity index (χ2n) is 5.75. The number of rotatable bonds is 7. The highest BCUT2D eigenvalue weighted by Gasteiger charge is 2.09. The van der Waals surface area contributed by atoms with Crippen LogP contribution in [0.25, 0.3) is 11.6 Å². The summed E-state index contributed by atoms with van der Waals surface area (Å²) in [5, 5.41) is 10.3. The number of aliphatic imine (C=N–C) groups is 1. The maximum absolute atomic E-state index is 13.6. The molecular weight excluding hydrogens is 474 g/mol. The Bertz CT molecular complexity index is 887. The Balaban J connectivity index is 0.00000280. The molecule has 28 heavy (non-hydrogen) atoms. The molecule has 0 fully saturated rings. The summed E-state index contributed by atoms with van der Waals surface area (Å²) in [7, 11) is 1.69. The van der Waals surface area contributed by atoms with Crippen LogP contribution in [0.3, 0.4) is 0 Å². The molecule has 0 spiro atoms. The van der Waals surface area contributed by atoms with E-state index >= 15 is 0 Å². The third kappa shape index (κ3) is 6.25. The number of nitrogens with zero attached hydrogens (tertiary/aromatic N) is 4. The van der Waals surface area contributed by atoms with Crippen molar-refractivity contribution in [2.45, 2.75) is 12.8 Å². The molecule has 0 aliphatic rings. The van der Waals surface area contributed by atoms with Gasteiger partial charge in [-0.3, -0.25) is 9.98 Å². The summed E-state index contributed by atoms with van der Waals surface area (Å²) in [6.07, 6.45) is 2.83. The van der Waals surface area contributed by atoms with Crippen molar-refractivity contribution in [2.75, 3.05) is 20.1 Å². The Morgan fingerprint density at radius 3 is 2.54 bits per heavy atom. The largest absolute Gasteiger partial charge is 0.356 e. The van der Waals surface area contributed by atoms with Crippen LogP contribution in [0.4, 0.5) is 4.39 Å². The van der Waals surface area contributed by atoms with Gasteiger partial charge in [0.25, 0.3) is 5.89 Å². The minimum atomic E-state index is -0.192. The van der Waals surface area contributed by atoms with Gasteiger partial charge in [0.15, 0.2) is 11.8 Å². The first-order valence-corrected chi connectivity index (χ1v) is 8.68. The van der Waals surface area contributed by atoms with Gasteiger partial charge in [-0.2, -0.15) is 4.98 Å². The number of halogens is 2. The van der Waals surface area contributed by atoms with E-state index < -0.39 is 0 Å². The lowest BCUT2D eigenvalue weighted by Crippen LogP contribution is -2.39. The van der Waals surface area contributed by atoms with Gasteiger partial charge < -0.3 is 15.2 Å². The van der Waals surface area contributed by atoms with Crippen molar-refractivity contribution in [1.29, 1.82) is 0 Å². The maximum Gasteiger partial charge on any atom is 0.276 e. The van der Waals surface area contributed by atoms with Crippen molar-refractivity contribution in [3.63, 3.8) is 0 Å². The van der Waals surface area contributed by atoms with Gasteiger partial charge in [0, 0.05) is 32.8 Å². The summed E-state index contributed by atoms with van der Waals surface area (Å²) >= 11 is 0. The van der Waals surface area contributed by atoms with Gasteiger partial charge in [0.05, 0.1) is 0 Å². The molecule has 9 heteroatoms. The predicted molar refractivity (Wildman–Crippen MR) is 116 cm³/mol. The average molecular weight is 496 g/mol. The Morgan fingerprint density at radius 1 is 1.07 bits per heavy atom. The van der Waals surface area contributed by atoms with Crippen LogP contribution in [0.5, 0.6) is 0 Å². The zero-order valence-corrected chi connectivity index (χ0v) is 17.8. The first-order valence-electron chi connectivity index (χ1n) is 8.68. The van der Waals surface area contributed by atoms with Crippen molar-refractivity contribution in [1.82, 2.24) is 25.8 Å². The summed E-state index contributed by atoms with van der Waals surface area (Å²) in [6, 6.07) is 12.3. The monoisotopic (exact) mass is 496 g/mol. The van der Waals surface area contributed by atoms with Crippen LogP contribution in [-0.4, -0.2) is 41.2 Å². The Morgan fingerprint density at radius 2 is 1.82 bits per heavy atom. The van der Waals surface area contributed by atoms with Crippen molar-refractivity contribution in [2.24, 2.45) is 4.99 Å². The fourth-order valence-corrected chi connectivity index (χ4v) is 2.48. The van der Waals surface area contributed by atoms with Gasteiger partial charge >= 0.3 is 0 Å². The van der Waals surface area contributed by atoms with Gasteiger partial charge in [-0.25, -0.2) is 4.39 Å². The van der Waals surface area contributed by atoms with E-state index in [1.165, 1.54) is 6.07 Å². The van der Waals surface area contributed by atoms with Crippen molar-refractivity contribution in [3.8, 4) is 11.6 Å². The van der Waals surface area contributed by atoms with Gasteiger partial charge in [0.1, 0.15) is 11.5 Å². The number of aromatic nitrogens is 3. The van der Waals surface area contributed by atoms with Crippen molar-refractivity contribution < 1.29 is 8.91 Å². The van der Waals surface area contributed by atoms with Crippen LogP contribution >= 0.6 is 24.0 Å². The van der Waals surface area contributed by atoms with Crippen LogP contribution < -0.4 is 10.6 Å². The molecule has 3 rings (SSSR count). The topological polar surface area (TPSA) is 88.2 Å². The highest BCUT2D eigenvalue weighted by atomic mass is 127. The van der Waals surface area contributed by atoms with E-state index in [0.717, 1.165) is 0 Å². The number of benzene rings is 1. The van der Waals surface area contributed by atoms with E-state index in [4.69, 9.17) is 4.52 Å². The molecule has 0 aliphatic carbocycles. The average Bonchev–Trinajstić information content (AvgIpc) is 3.18. The van der Waals surface area contributed by atoms with E-state index in [1.807, 2.05) is 24.3 Å². The molecule has 0 bridgehead atoms. The molecule has 2 N–H and O–H groups in total. The van der Waals surface area contributed by atoms with Gasteiger partial charge in [-0.15, -0.1) is 24.0 Å². The Hall–Kier alpha value is -2.56. The van der Waals surface area contributed by atoms with E-state index in [2.05, 4.69) is 30.8 Å². The van der Waals surface area contributed by atoms with Crippen molar-refractivity contribution in [3.05, 3.63) is 65.9 Å². The van der Waals surface area contributed by atoms with Crippen molar-refractivity contribution >= 4 is 29.9 Å². The van der Waals surface area contributed by atoms with E-state index in [9.17, 15) is 4.39 Å². The number of hydrogen-bond acceptors (Lipinski definition) is 5. The van der Waals surface area contributed by atoms with Gasteiger partial charge in [-0.05, 0) is 30.2 Å². The fraction of sp³-hybridized carbons (Fsp3) is 0.263. The SMILES string of the molecule is CN=C(NCCc1noc(-c2ccccn2)n1)NCCc1ccccc1F.I. The molecule has 0 atom stereocenters. The van der Waals surface area contributed by atoms with Gasteiger partial charge in [0.2, 0.25) is 0 Å². The second kappa shape index (κ2) is 11.3. The Labute approximate surface area is 179 Å². The zero-order valence-electron chi connectivity index (χ0n) is 15.4. The molecule has 1 aromatic carbocycles.